The molecule has 0 atom stereocenters. The first-order valence-corrected chi connectivity index (χ1v) is 6.05. The number of rotatable bonds is 2. The predicted molar refractivity (Wildman–Crippen MR) is 72.5 cm³/mol. The largest absolute Gasteiger partial charge is 0.308 e. The van der Waals surface area contributed by atoms with Crippen LogP contribution in [0.25, 0.3) is 11.2 Å². The minimum absolute atomic E-state index is 0.675. The minimum Gasteiger partial charge on any atom is -0.308 e. The van der Waals surface area contributed by atoms with Gasteiger partial charge in [-0.05, 0) is 36.8 Å². The normalized spacial score (nSPS) is 10.5. The average Bonchev–Trinajstić information content (AvgIpc) is 2.76. The van der Waals surface area contributed by atoms with Crippen molar-refractivity contribution in [3.8, 4) is 6.07 Å². The van der Waals surface area contributed by atoms with Gasteiger partial charge < -0.3 is 4.57 Å². The fraction of sp³-hybridized carbons (Fsp3) is 0.133. The Morgan fingerprint density at radius 2 is 2.00 bits per heavy atom. The molecule has 0 amide bonds. The Morgan fingerprint density at radius 3 is 2.74 bits per heavy atom. The van der Waals surface area contributed by atoms with E-state index in [0.29, 0.717) is 12.1 Å². The number of nitriles is 1. The van der Waals surface area contributed by atoms with Crippen molar-refractivity contribution in [2.75, 3.05) is 0 Å². The first-order valence-electron chi connectivity index (χ1n) is 6.05. The number of hydrogen-bond acceptors (Lipinski definition) is 3. The third-order valence-electron chi connectivity index (χ3n) is 3.12. The molecule has 0 aliphatic rings. The van der Waals surface area contributed by atoms with Crippen molar-refractivity contribution in [3.05, 3.63) is 59.5 Å². The van der Waals surface area contributed by atoms with Gasteiger partial charge in [0.25, 0.3) is 0 Å². The third-order valence-corrected chi connectivity index (χ3v) is 3.12. The maximum Gasteiger partial charge on any atom is 0.160 e. The number of hydrogen-bond donors (Lipinski definition) is 0. The number of benzene rings is 1. The second-order valence-corrected chi connectivity index (χ2v) is 4.40. The molecule has 0 aliphatic heterocycles. The van der Waals surface area contributed by atoms with E-state index in [1.807, 2.05) is 43.3 Å². The molecule has 0 unspecified atom stereocenters. The Balaban J connectivity index is 2.00. The van der Waals surface area contributed by atoms with Gasteiger partial charge in [0.2, 0.25) is 0 Å². The maximum atomic E-state index is 8.80. The topological polar surface area (TPSA) is 54.5 Å². The number of nitrogens with zero attached hydrogens (tertiary/aromatic N) is 4. The van der Waals surface area contributed by atoms with Crippen molar-refractivity contribution >= 4 is 11.2 Å². The highest BCUT2D eigenvalue weighted by Gasteiger charge is 2.08. The molecule has 0 radical (unpaired) electrons. The molecule has 0 fully saturated rings. The minimum atomic E-state index is 0.675. The molecule has 0 saturated carbocycles. The zero-order valence-corrected chi connectivity index (χ0v) is 10.5. The summed E-state index contributed by atoms with van der Waals surface area (Å²) in [6, 6.07) is 13.6. The Morgan fingerprint density at radius 1 is 1.21 bits per heavy atom. The Hall–Kier alpha value is -2.67. The lowest BCUT2D eigenvalue weighted by Crippen LogP contribution is -2.02. The number of aryl methyl sites for hydroxylation is 1. The maximum absolute atomic E-state index is 8.80. The van der Waals surface area contributed by atoms with Crippen LogP contribution in [0.3, 0.4) is 0 Å². The van der Waals surface area contributed by atoms with Crippen molar-refractivity contribution in [3.63, 3.8) is 0 Å². The predicted octanol–water partition coefficient (Wildman–Crippen LogP) is 2.66. The lowest BCUT2D eigenvalue weighted by atomic mass is 10.1. The summed E-state index contributed by atoms with van der Waals surface area (Å²) >= 11 is 0. The molecule has 2 heterocycles. The van der Waals surface area contributed by atoms with Crippen molar-refractivity contribution in [2.24, 2.45) is 0 Å². The van der Waals surface area contributed by atoms with Crippen molar-refractivity contribution in [1.82, 2.24) is 14.5 Å². The van der Waals surface area contributed by atoms with Crippen LogP contribution in [0.1, 0.15) is 17.0 Å². The zero-order chi connectivity index (χ0) is 13.2. The molecular weight excluding hydrogens is 236 g/mol. The first-order chi connectivity index (χ1) is 9.28. The van der Waals surface area contributed by atoms with E-state index in [-0.39, 0.29) is 0 Å². The van der Waals surface area contributed by atoms with Crippen LogP contribution in [0, 0.1) is 18.3 Å². The zero-order valence-electron chi connectivity index (χ0n) is 10.5. The summed E-state index contributed by atoms with van der Waals surface area (Å²) in [7, 11) is 0. The lowest BCUT2D eigenvalue weighted by molar-refractivity contribution is 0.777. The Bertz CT molecular complexity index is 763. The van der Waals surface area contributed by atoms with E-state index in [2.05, 4.69) is 20.6 Å². The van der Waals surface area contributed by atoms with Crippen LogP contribution >= 0.6 is 0 Å². The molecule has 2 aromatic heterocycles. The van der Waals surface area contributed by atoms with Crippen LogP contribution in [0.4, 0.5) is 0 Å². The molecule has 92 valence electrons. The molecular formula is C15H12N4. The van der Waals surface area contributed by atoms with Crippen LogP contribution in [-0.2, 0) is 6.54 Å². The van der Waals surface area contributed by atoms with Crippen molar-refractivity contribution in [2.45, 2.75) is 13.5 Å². The van der Waals surface area contributed by atoms with Gasteiger partial charge in [-0.15, -0.1) is 0 Å². The summed E-state index contributed by atoms with van der Waals surface area (Å²) < 4.78 is 2.08. The second kappa shape index (κ2) is 4.54. The summed E-state index contributed by atoms with van der Waals surface area (Å²) in [4.78, 5) is 8.87. The number of imidazole rings is 1. The number of fused-ring (bicyclic) bond motifs is 1. The van der Waals surface area contributed by atoms with E-state index >= 15 is 0 Å². The molecule has 0 spiro atoms. The molecule has 1 aromatic carbocycles. The van der Waals surface area contributed by atoms with Crippen molar-refractivity contribution in [1.29, 1.82) is 5.26 Å². The van der Waals surface area contributed by atoms with Gasteiger partial charge in [0, 0.05) is 6.20 Å². The quantitative estimate of drug-likeness (QED) is 0.700. The third kappa shape index (κ3) is 2.06. The van der Waals surface area contributed by atoms with E-state index in [1.54, 1.807) is 6.20 Å². The van der Waals surface area contributed by atoms with Crippen LogP contribution in [0.2, 0.25) is 0 Å². The first kappa shape index (κ1) is 11.4. The highest BCUT2D eigenvalue weighted by molar-refractivity contribution is 5.71. The highest BCUT2D eigenvalue weighted by atomic mass is 15.1. The van der Waals surface area contributed by atoms with E-state index in [0.717, 1.165) is 22.6 Å². The van der Waals surface area contributed by atoms with Crippen molar-refractivity contribution < 1.29 is 0 Å². The van der Waals surface area contributed by atoms with Gasteiger partial charge in [0.05, 0.1) is 18.2 Å². The smallest absolute Gasteiger partial charge is 0.160 e. The number of pyridine rings is 1. The van der Waals surface area contributed by atoms with Gasteiger partial charge in [-0.1, -0.05) is 12.1 Å². The van der Waals surface area contributed by atoms with Gasteiger partial charge in [-0.25, -0.2) is 9.97 Å². The summed E-state index contributed by atoms with van der Waals surface area (Å²) in [6.45, 7) is 2.69. The fourth-order valence-corrected chi connectivity index (χ4v) is 2.13. The fourth-order valence-electron chi connectivity index (χ4n) is 2.13. The van der Waals surface area contributed by atoms with Crippen LogP contribution in [-0.4, -0.2) is 14.5 Å². The monoisotopic (exact) mass is 248 g/mol. The molecule has 19 heavy (non-hydrogen) atoms. The molecule has 0 N–H and O–H groups in total. The number of aromatic nitrogens is 3. The highest BCUT2D eigenvalue weighted by Crippen LogP contribution is 2.15. The van der Waals surface area contributed by atoms with Crippen LogP contribution in [0.5, 0.6) is 0 Å². The molecule has 0 bridgehead atoms. The van der Waals surface area contributed by atoms with E-state index in [1.165, 1.54) is 0 Å². The molecule has 4 heteroatoms. The standard InChI is InChI=1S/C15H12N4/c1-11-18-14-3-2-8-17-15(14)19(11)10-13-6-4-12(9-16)5-7-13/h2-8H,10H2,1H3. The summed E-state index contributed by atoms with van der Waals surface area (Å²) in [5.74, 6) is 0.943. The van der Waals surface area contributed by atoms with Gasteiger partial charge in [0.1, 0.15) is 11.3 Å². The van der Waals surface area contributed by atoms with Gasteiger partial charge in [-0.3, -0.25) is 0 Å². The van der Waals surface area contributed by atoms with E-state index in [4.69, 9.17) is 5.26 Å². The second-order valence-electron chi connectivity index (χ2n) is 4.40. The van der Waals surface area contributed by atoms with Crippen LogP contribution in [0.15, 0.2) is 42.6 Å². The molecule has 4 nitrogen and oxygen atoms in total. The lowest BCUT2D eigenvalue weighted by Gasteiger charge is -2.06. The summed E-state index contributed by atoms with van der Waals surface area (Å²) in [5.41, 5.74) is 3.61. The van der Waals surface area contributed by atoms with Crippen LogP contribution < -0.4 is 0 Å². The van der Waals surface area contributed by atoms with E-state index in [9.17, 15) is 0 Å². The molecule has 0 aliphatic carbocycles. The van der Waals surface area contributed by atoms with Gasteiger partial charge >= 0.3 is 0 Å². The summed E-state index contributed by atoms with van der Waals surface area (Å²) in [5, 5.41) is 8.80. The van der Waals surface area contributed by atoms with Gasteiger partial charge in [0.15, 0.2) is 5.65 Å². The van der Waals surface area contributed by atoms with E-state index < -0.39 is 0 Å². The summed E-state index contributed by atoms with van der Waals surface area (Å²) in [6.07, 6.45) is 1.78. The van der Waals surface area contributed by atoms with Gasteiger partial charge in [-0.2, -0.15) is 5.26 Å². The SMILES string of the molecule is Cc1nc2cccnc2n1Cc1ccc(C#N)cc1. The average molecular weight is 248 g/mol. The Labute approximate surface area is 111 Å². The molecule has 3 rings (SSSR count). The molecule has 0 saturated heterocycles. The molecule has 3 aromatic rings. The Kier molecular flexibility index (Phi) is 2.73.